The van der Waals surface area contributed by atoms with Gasteiger partial charge in [-0.2, -0.15) is 5.26 Å². The standard InChI is InChI=1S/C23H21N3O3/c1-12-10-22(2,3)26-19-13(12)6-4-7-14(19)23(21(26)28)15(11-24)20(25)29-17-9-5-8-16(27)18(17)23/h4,6-7,10H,5,8-9,25H2,1-3H3/t23-/m0/s1. The predicted octanol–water partition coefficient (Wildman–Crippen LogP) is 3.20. The second kappa shape index (κ2) is 5.38. The summed E-state index contributed by atoms with van der Waals surface area (Å²) in [5, 5.41) is 10.0. The number of Topliss-reactive ketones (excluding diaryl/α,β-unsaturated/α-hetero) is 1. The molecule has 3 heterocycles. The van der Waals surface area contributed by atoms with Gasteiger partial charge in [0.05, 0.1) is 16.8 Å². The Morgan fingerprint density at radius 3 is 2.72 bits per heavy atom. The lowest BCUT2D eigenvalue weighted by Crippen LogP contribution is -2.54. The third-order valence-corrected chi connectivity index (χ3v) is 6.47. The number of anilines is 1. The molecule has 146 valence electrons. The molecule has 1 amide bonds. The van der Waals surface area contributed by atoms with Crippen LogP contribution in [0.5, 0.6) is 0 Å². The normalized spacial score (nSPS) is 26.8. The molecule has 6 heteroatoms. The molecule has 0 unspecified atom stereocenters. The molecule has 1 aliphatic carbocycles. The summed E-state index contributed by atoms with van der Waals surface area (Å²) in [7, 11) is 0. The molecule has 1 aromatic rings. The van der Waals surface area contributed by atoms with E-state index in [0.29, 0.717) is 30.6 Å². The van der Waals surface area contributed by atoms with E-state index >= 15 is 0 Å². The Labute approximate surface area is 168 Å². The van der Waals surface area contributed by atoms with Crippen molar-refractivity contribution in [1.29, 1.82) is 5.26 Å². The van der Waals surface area contributed by atoms with Crippen molar-refractivity contribution in [3.63, 3.8) is 0 Å². The summed E-state index contributed by atoms with van der Waals surface area (Å²) in [5.41, 5.74) is 7.69. The number of nitriles is 1. The Bertz CT molecular complexity index is 1160. The Kier molecular flexibility index (Phi) is 3.29. The molecule has 3 aliphatic heterocycles. The van der Waals surface area contributed by atoms with Crippen molar-refractivity contribution < 1.29 is 14.3 Å². The van der Waals surface area contributed by atoms with Gasteiger partial charge in [0.1, 0.15) is 22.8 Å². The lowest BCUT2D eigenvalue weighted by atomic mass is 9.65. The number of ether oxygens (including phenoxy) is 1. The molecule has 2 N–H and O–H groups in total. The van der Waals surface area contributed by atoms with Crippen molar-refractivity contribution in [2.75, 3.05) is 4.90 Å². The van der Waals surface area contributed by atoms with Crippen LogP contribution in [0.15, 0.2) is 47.1 Å². The number of carbonyl (C=O) groups excluding carboxylic acids is 2. The molecule has 1 spiro atoms. The number of allylic oxidation sites excluding steroid dienone is 2. The predicted molar refractivity (Wildman–Crippen MR) is 107 cm³/mol. The molecular formula is C23H21N3O3. The van der Waals surface area contributed by atoms with Crippen LogP contribution in [-0.2, 0) is 19.7 Å². The zero-order valence-corrected chi connectivity index (χ0v) is 16.6. The summed E-state index contributed by atoms with van der Waals surface area (Å²) in [6.45, 7) is 5.94. The number of fused-ring (bicyclic) bond motifs is 2. The number of carbonyl (C=O) groups is 2. The van der Waals surface area contributed by atoms with E-state index in [1.807, 2.05) is 45.0 Å². The van der Waals surface area contributed by atoms with E-state index in [4.69, 9.17) is 10.5 Å². The summed E-state index contributed by atoms with van der Waals surface area (Å²) >= 11 is 0. The van der Waals surface area contributed by atoms with Crippen LogP contribution >= 0.6 is 0 Å². The average molecular weight is 387 g/mol. The molecular weight excluding hydrogens is 366 g/mol. The minimum atomic E-state index is -1.54. The Morgan fingerprint density at radius 2 is 2.00 bits per heavy atom. The number of amides is 1. The number of rotatable bonds is 0. The van der Waals surface area contributed by atoms with E-state index in [0.717, 1.165) is 16.8 Å². The molecule has 1 aromatic carbocycles. The van der Waals surface area contributed by atoms with Crippen LogP contribution in [0.4, 0.5) is 5.69 Å². The fourth-order valence-corrected chi connectivity index (χ4v) is 5.46. The molecule has 29 heavy (non-hydrogen) atoms. The Morgan fingerprint density at radius 1 is 1.24 bits per heavy atom. The highest BCUT2D eigenvalue weighted by molar-refractivity contribution is 6.22. The minimum absolute atomic E-state index is 0.00718. The smallest absolute Gasteiger partial charge is 0.248 e. The number of ketones is 1. The van der Waals surface area contributed by atoms with Crippen LogP contribution in [0, 0.1) is 11.3 Å². The SMILES string of the molecule is CC1=CC(C)(C)N2C(=O)[C@]3(C(C#N)=C(N)OC4=C3C(=O)CCC4)c3cccc1c32. The fraction of sp³-hybridized carbons (Fsp3) is 0.348. The first-order valence-electron chi connectivity index (χ1n) is 9.78. The minimum Gasteiger partial charge on any atom is -0.444 e. The summed E-state index contributed by atoms with van der Waals surface area (Å²) in [5.74, 6) is -0.126. The number of para-hydroxylation sites is 1. The van der Waals surface area contributed by atoms with Gasteiger partial charge in [-0.3, -0.25) is 9.59 Å². The average Bonchev–Trinajstić information content (AvgIpc) is 2.91. The van der Waals surface area contributed by atoms with Crippen molar-refractivity contribution in [1.82, 2.24) is 0 Å². The summed E-state index contributed by atoms with van der Waals surface area (Å²) in [6, 6.07) is 7.79. The molecule has 0 bridgehead atoms. The lowest BCUT2D eigenvalue weighted by Gasteiger charge is -2.41. The van der Waals surface area contributed by atoms with Gasteiger partial charge in [-0.25, -0.2) is 0 Å². The van der Waals surface area contributed by atoms with Gasteiger partial charge >= 0.3 is 0 Å². The maximum Gasteiger partial charge on any atom is 0.248 e. The first-order chi connectivity index (χ1) is 13.7. The first-order valence-corrected chi connectivity index (χ1v) is 9.78. The van der Waals surface area contributed by atoms with Gasteiger partial charge in [0.15, 0.2) is 5.78 Å². The van der Waals surface area contributed by atoms with Crippen LogP contribution < -0.4 is 10.6 Å². The highest BCUT2D eigenvalue weighted by atomic mass is 16.5. The molecule has 0 radical (unpaired) electrons. The maximum atomic E-state index is 14.2. The van der Waals surface area contributed by atoms with E-state index < -0.39 is 11.0 Å². The van der Waals surface area contributed by atoms with Gasteiger partial charge in [0.25, 0.3) is 0 Å². The van der Waals surface area contributed by atoms with E-state index in [1.54, 1.807) is 4.90 Å². The fourth-order valence-electron chi connectivity index (χ4n) is 5.46. The summed E-state index contributed by atoms with van der Waals surface area (Å²) < 4.78 is 5.71. The third kappa shape index (κ3) is 1.90. The van der Waals surface area contributed by atoms with E-state index in [2.05, 4.69) is 6.07 Å². The van der Waals surface area contributed by atoms with Crippen molar-refractivity contribution in [2.45, 2.75) is 51.0 Å². The largest absolute Gasteiger partial charge is 0.444 e. The van der Waals surface area contributed by atoms with Crippen molar-refractivity contribution in [3.8, 4) is 6.07 Å². The van der Waals surface area contributed by atoms with Gasteiger partial charge in [-0.15, -0.1) is 0 Å². The number of hydrogen-bond donors (Lipinski definition) is 1. The molecule has 6 nitrogen and oxygen atoms in total. The van der Waals surface area contributed by atoms with Crippen molar-refractivity contribution in [2.24, 2.45) is 5.73 Å². The van der Waals surface area contributed by atoms with Gasteiger partial charge in [0.2, 0.25) is 11.8 Å². The maximum absolute atomic E-state index is 14.2. The molecule has 0 fully saturated rings. The van der Waals surface area contributed by atoms with Crippen molar-refractivity contribution in [3.05, 3.63) is 58.2 Å². The van der Waals surface area contributed by atoms with Crippen LogP contribution in [0.1, 0.15) is 51.2 Å². The van der Waals surface area contributed by atoms with E-state index in [1.165, 1.54) is 0 Å². The molecule has 5 rings (SSSR count). The van der Waals surface area contributed by atoms with Gasteiger partial charge < -0.3 is 15.4 Å². The molecule has 0 saturated carbocycles. The zero-order chi connectivity index (χ0) is 20.7. The topological polar surface area (TPSA) is 96.4 Å². The first kappa shape index (κ1) is 17.7. The van der Waals surface area contributed by atoms with Crippen LogP contribution in [0.3, 0.4) is 0 Å². The van der Waals surface area contributed by atoms with Crippen molar-refractivity contribution >= 4 is 23.0 Å². The third-order valence-electron chi connectivity index (χ3n) is 6.47. The second-order valence-electron chi connectivity index (χ2n) is 8.60. The highest BCUT2D eigenvalue weighted by Gasteiger charge is 2.64. The summed E-state index contributed by atoms with van der Waals surface area (Å²) in [6.07, 6.45) is 3.53. The Hall–Kier alpha value is -3.33. The van der Waals surface area contributed by atoms with Gasteiger partial charge in [-0.1, -0.05) is 24.3 Å². The number of nitrogens with zero attached hydrogens (tertiary/aromatic N) is 2. The van der Waals surface area contributed by atoms with E-state index in [9.17, 15) is 14.9 Å². The molecule has 4 aliphatic rings. The van der Waals surface area contributed by atoms with Crippen LogP contribution in [0.25, 0.3) is 5.57 Å². The summed E-state index contributed by atoms with van der Waals surface area (Å²) in [4.78, 5) is 29.1. The molecule has 0 aromatic heterocycles. The van der Waals surface area contributed by atoms with E-state index in [-0.39, 0.29) is 28.7 Å². The zero-order valence-electron chi connectivity index (χ0n) is 16.6. The Balaban J connectivity index is 1.95. The number of nitrogens with two attached hydrogens (primary N) is 1. The monoisotopic (exact) mass is 387 g/mol. The quantitative estimate of drug-likeness (QED) is 0.737. The number of benzene rings is 1. The van der Waals surface area contributed by atoms with Crippen LogP contribution in [-0.4, -0.2) is 17.2 Å². The number of hydrogen-bond acceptors (Lipinski definition) is 5. The molecule has 0 saturated heterocycles. The highest BCUT2D eigenvalue weighted by Crippen LogP contribution is 2.59. The second-order valence-corrected chi connectivity index (χ2v) is 8.60. The molecule has 1 atom stereocenters. The van der Waals surface area contributed by atoms with Gasteiger partial charge in [-0.05, 0) is 32.8 Å². The van der Waals surface area contributed by atoms with Gasteiger partial charge in [0, 0.05) is 24.0 Å². The van der Waals surface area contributed by atoms with Crippen LogP contribution in [0.2, 0.25) is 0 Å². The lowest BCUT2D eigenvalue weighted by molar-refractivity contribution is -0.125.